The lowest BCUT2D eigenvalue weighted by atomic mass is 10.2. The van der Waals surface area contributed by atoms with Gasteiger partial charge in [-0.25, -0.2) is 4.98 Å². The minimum atomic E-state index is 0.213. The second-order valence-electron chi connectivity index (χ2n) is 3.60. The first-order chi connectivity index (χ1) is 8.29. The molecule has 0 amide bonds. The summed E-state index contributed by atoms with van der Waals surface area (Å²) in [5.41, 5.74) is 2.06. The number of benzene rings is 1. The van der Waals surface area contributed by atoms with Crippen molar-refractivity contribution in [3.63, 3.8) is 0 Å². The number of nitrogens with zero attached hydrogens (tertiary/aromatic N) is 2. The van der Waals surface area contributed by atoms with Gasteiger partial charge in [-0.1, -0.05) is 37.3 Å². The molecule has 88 valence electrons. The first kappa shape index (κ1) is 11.9. The summed E-state index contributed by atoms with van der Waals surface area (Å²) >= 11 is 5.75. The van der Waals surface area contributed by atoms with Crippen molar-refractivity contribution in [2.45, 2.75) is 20.0 Å². The Bertz CT molecular complexity index is 488. The number of aromatic nitrogens is 2. The molecule has 0 aliphatic carbocycles. The van der Waals surface area contributed by atoms with Gasteiger partial charge in [-0.2, -0.15) is 4.98 Å². The van der Waals surface area contributed by atoms with Crippen molar-refractivity contribution in [1.29, 1.82) is 0 Å². The van der Waals surface area contributed by atoms with E-state index in [1.54, 1.807) is 6.20 Å². The topological polar surface area (TPSA) is 35.0 Å². The van der Waals surface area contributed by atoms with Gasteiger partial charge < -0.3 is 4.74 Å². The summed E-state index contributed by atoms with van der Waals surface area (Å²) in [4.78, 5) is 8.03. The summed E-state index contributed by atoms with van der Waals surface area (Å²) in [6.07, 6.45) is 2.52. The average molecular weight is 249 g/mol. The molecular formula is C13H13ClN2O. The Morgan fingerprint density at radius 1 is 1.24 bits per heavy atom. The minimum absolute atomic E-state index is 0.213. The average Bonchev–Trinajstić information content (AvgIpc) is 2.38. The van der Waals surface area contributed by atoms with Crippen molar-refractivity contribution >= 4 is 11.6 Å². The van der Waals surface area contributed by atoms with E-state index in [0.717, 1.165) is 17.5 Å². The van der Waals surface area contributed by atoms with E-state index in [2.05, 4.69) is 9.97 Å². The van der Waals surface area contributed by atoms with Gasteiger partial charge in [0, 0.05) is 11.8 Å². The van der Waals surface area contributed by atoms with Gasteiger partial charge in [0.15, 0.2) is 0 Å². The molecule has 2 aromatic rings. The first-order valence-corrected chi connectivity index (χ1v) is 5.85. The highest BCUT2D eigenvalue weighted by atomic mass is 35.5. The van der Waals surface area contributed by atoms with Crippen LogP contribution in [0.15, 0.2) is 36.5 Å². The molecule has 4 heteroatoms. The second kappa shape index (κ2) is 5.64. The van der Waals surface area contributed by atoms with Gasteiger partial charge in [0.1, 0.15) is 6.61 Å². The fourth-order valence-electron chi connectivity index (χ4n) is 1.46. The van der Waals surface area contributed by atoms with Crippen molar-refractivity contribution in [3.8, 4) is 5.88 Å². The van der Waals surface area contributed by atoms with Crippen LogP contribution in [0.1, 0.15) is 18.1 Å². The Kier molecular flexibility index (Phi) is 3.94. The molecule has 0 radical (unpaired) electrons. The van der Waals surface area contributed by atoms with Crippen LogP contribution in [0.25, 0.3) is 0 Å². The van der Waals surface area contributed by atoms with Crippen LogP contribution in [0.3, 0.4) is 0 Å². The predicted molar refractivity (Wildman–Crippen MR) is 67.2 cm³/mol. The fourth-order valence-corrected chi connectivity index (χ4v) is 1.59. The third-order valence-electron chi connectivity index (χ3n) is 2.39. The quantitative estimate of drug-likeness (QED) is 0.779. The molecule has 0 aliphatic heterocycles. The van der Waals surface area contributed by atoms with E-state index < -0.39 is 0 Å². The molecular weight excluding hydrogens is 236 g/mol. The van der Waals surface area contributed by atoms with Gasteiger partial charge in [-0.15, -0.1) is 0 Å². The predicted octanol–water partition coefficient (Wildman–Crippen LogP) is 3.27. The van der Waals surface area contributed by atoms with E-state index in [4.69, 9.17) is 16.3 Å². The molecule has 0 saturated heterocycles. The standard InChI is InChI=1S/C13H13ClN2O/c1-2-11-8-15-13(14)16-12(11)17-9-10-6-4-3-5-7-10/h3-8H,2,9H2,1H3. The van der Waals surface area contributed by atoms with Crippen LogP contribution in [-0.2, 0) is 13.0 Å². The van der Waals surface area contributed by atoms with E-state index >= 15 is 0 Å². The van der Waals surface area contributed by atoms with Gasteiger partial charge in [-0.05, 0) is 23.6 Å². The molecule has 0 fully saturated rings. The van der Waals surface area contributed by atoms with Crippen molar-refractivity contribution < 1.29 is 4.74 Å². The van der Waals surface area contributed by atoms with E-state index in [-0.39, 0.29) is 5.28 Å². The molecule has 0 atom stereocenters. The second-order valence-corrected chi connectivity index (χ2v) is 3.94. The summed E-state index contributed by atoms with van der Waals surface area (Å²) in [7, 11) is 0. The molecule has 3 nitrogen and oxygen atoms in total. The Morgan fingerprint density at radius 3 is 2.71 bits per heavy atom. The zero-order valence-electron chi connectivity index (χ0n) is 9.56. The van der Waals surface area contributed by atoms with E-state index in [1.165, 1.54) is 0 Å². The Morgan fingerprint density at radius 2 is 2.00 bits per heavy atom. The molecule has 0 aliphatic rings. The molecule has 1 aromatic heterocycles. The number of halogens is 1. The summed E-state index contributed by atoms with van der Waals surface area (Å²) in [6.45, 7) is 2.52. The number of hydrogen-bond acceptors (Lipinski definition) is 3. The minimum Gasteiger partial charge on any atom is -0.472 e. The van der Waals surface area contributed by atoms with Crippen LogP contribution >= 0.6 is 11.6 Å². The molecule has 0 spiro atoms. The van der Waals surface area contributed by atoms with Crippen LogP contribution in [-0.4, -0.2) is 9.97 Å². The molecule has 0 bridgehead atoms. The first-order valence-electron chi connectivity index (χ1n) is 5.47. The molecule has 1 heterocycles. The van der Waals surface area contributed by atoms with Crippen LogP contribution in [0.2, 0.25) is 5.28 Å². The van der Waals surface area contributed by atoms with Crippen molar-refractivity contribution in [1.82, 2.24) is 9.97 Å². The lowest BCUT2D eigenvalue weighted by Crippen LogP contribution is -2.01. The normalized spacial score (nSPS) is 10.2. The van der Waals surface area contributed by atoms with Crippen LogP contribution in [0.4, 0.5) is 0 Å². The zero-order chi connectivity index (χ0) is 12.1. The van der Waals surface area contributed by atoms with Crippen LogP contribution < -0.4 is 4.74 Å². The molecule has 0 unspecified atom stereocenters. The summed E-state index contributed by atoms with van der Waals surface area (Å²) < 4.78 is 5.66. The molecule has 0 N–H and O–H groups in total. The lowest BCUT2D eigenvalue weighted by Gasteiger charge is -2.08. The highest BCUT2D eigenvalue weighted by Crippen LogP contribution is 2.18. The van der Waals surface area contributed by atoms with Gasteiger partial charge in [0.2, 0.25) is 11.2 Å². The molecule has 1 aromatic carbocycles. The van der Waals surface area contributed by atoms with Gasteiger partial charge in [-0.3, -0.25) is 0 Å². The SMILES string of the molecule is CCc1cnc(Cl)nc1OCc1ccccc1. The Labute approximate surface area is 105 Å². The molecule has 0 saturated carbocycles. The fraction of sp³-hybridized carbons (Fsp3) is 0.231. The summed E-state index contributed by atoms with van der Waals surface area (Å²) in [5, 5.41) is 0.213. The monoisotopic (exact) mass is 248 g/mol. The molecule has 17 heavy (non-hydrogen) atoms. The van der Waals surface area contributed by atoms with Crippen molar-refractivity contribution in [3.05, 3.63) is 52.9 Å². The van der Waals surface area contributed by atoms with Crippen LogP contribution in [0.5, 0.6) is 5.88 Å². The number of aryl methyl sites for hydroxylation is 1. The maximum atomic E-state index is 5.75. The third-order valence-corrected chi connectivity index (χ3v) is 2.58. The zero-order valence-corrected chi connectivity index (χ0v) is 10.3. The lowest BCUT2D eigenvalue weighted by molar-refractivity contribution is 0.290. The molecule has 2 rings (SSSR count). The number of ether oxygens (including phenoxy) is 1. The Hall–Kier alpha value is -1.61. The maximum absolute atomic E-state index is 5.75. The highest BCUT2D eigenvalue weighted by molar-refractivity contribution is 6.28. The highest BCUT2D eigenvalue weighted by Gasteiger charge is 2.06. The van der Waals surface area contributed by atoms with E-state index in [0.29, 0.717) is 12.5 Å². The van der Waals surface area contributed by atoms with Crippen LogP contribution in [0, 0.1) is 0 Å². The van der Waals surface area contributed by atoms with Crippen molar-refractivity contribution in [2.75, 3.05) is 0 Å². The van der Waals surface area contributed by atoms with E-state index in [9.17, 15) is 0 Å². The largest absolute Gasteiger partial charge is 0.472 e. The maximum Gasteiger partial charge on any atom is 0.225 e. The summed E-state index contributed by atoms with van der Waals surface area (Å²) in [6, 6.07) is 9.95. The number of rotatable bonds is 4. The smallest absolute Gasteiger partial charge is 0.225 e. The third kappa shape index (κ3) is 3.17. The number of hydrogen-bond donors (Lipinski definition) is 0. The van der Waals surface area contributed by atoms with E-state index in [1.807, 2.05) is 37.3 Å². The Balaban J connectivity index is 2.11. The summed E-state index contributed by atoms with van der Waals surface area (Å²) in [5.74, 6) is 0.566. The van der Waals surface area contributed by atoms with Gasteiger partial charge in [0.05, 0.1) is 0 Å². The van der Waals surface area contributed by atoms with Crippen molar-refractivity contribution in [2.24, 2.45) is 0 Å². The van der Waals surface area contributed by atoms with Gasteiger partial charge >= 0.3 is 0 Å². The van der Waals surface area contributed by atoms with Gasteiger partial charge in [0.25, 0.3) is 0 Å².